The van der Waals surface area contributed by atoms with E-state index in [4.69, 9.17) is 47.5 Å². The van der Waals surface area contributed by atoms with Gasteiger partial charge >= 0.3 is 5.97 Å². The van der Waals surface area contributed by atoms with E-state index in [9.17, 15) is 9.59 Å². The molecule has 0 bridgehead atoms. The predicted octanol–water partition coefficient (Wildman–Crippen LogP) is 8.74. The van der Waals surface area contributed by atoms with E-state index in [1.54, 1.807) is 16.9 Å². The van der Waals surface area contributed by atoms with Gasteiger partial charge in [0.1, 0.15) is 13.2 Å². The highest BCUT2D eigenvalue weighted by atomic mass is 35.5. The summed E-state index contributed by atoms with van der Waals surface area (Å²) >= 11 is 12.4. The first-order chi connectivity index (χ1) is 25.2. The molecule has 264 valence electrons. The summed E-state index contributed by atoms with van der Waals surface area (Å²) in [6.07, 6.45) is 6.34. The van der Waals surface area contributed by atoms with E-state index in [1.807, 2.05) is 80.6 Å². The molecule has 1 aliphatic carbocycles. The average molecular weight is 737 g/mol. The number of carbonyl (C=O) groups is 2. The van der Waals surface area contributed by atoms with Crippen molar-refractivity contribution < 1.29 is 23.8 Å². The number of carbonyl (C=O) groups excluding carboxylic acids is 2. The Bertz CT molecular complexity index is 2250. The van der Waals surface area contributed by atoms with Crippen LogP contribution in [0.3, 0.4) is 0 Å². The maximum absolute atomic E-state index is 14.1. The van der Waals surface area contributed by atoms with Gasteiger partial charge in [0.25, 0.3) is 5.91 Å². The minimum Gasteiger partial charge on any atom is -0.486 e. The molecule has 0 radical (unpaired) electrons. The normalized spacial score (nSPS) is 18.8. The number of amides is 1. The van der Waals surface area contributed by atoms with Crippen molar-refractivity contribution in [3.8, 4) is 22.8 Å². The Hall–Kier alpha value is -5.19. The van der Waals surface area contributed by atoms with Gasteiger partial charge in [0, 0.05) is 27.6 Å². The van der Waals surface area contributed by atoms with Crippen molar-refractivity contribution in [2.24, 2.45) is 11.0 Å². The number of rotatable bonds is 7. The molecule has 3 aliphatic rings. The SMILES string of the molecule is CC(C)n1ncc2c(C(=O)OCC(=O)N3N=C4/C(=C\c5ccc(Cl)cc5)CCCC4C3c3ccc(Cl)cc3)cc(-c3ccc4c(c3)OCCO4)nc21. The van der Waals surface area contributed by atoms with E-state index >= 15 is 0 Å². The maximum Gasteiger partial charge on any atom is 0.339 e. The molecule has 0 spiro atoms. The Kier molecular flexibility index (Phi) is 9.19. The number of halogens is 2. The molecule has 0 saturated heterocycles. The third-order valence-electron chi connectivity index (χ3n) is 9.62. The third kappa shape index (κ3) is 6.52. The average Bonchev–Trinajstić information content (AvgIpc) is 3.78. The van der Waals surface area contributed by atoms with Gasteiger partial charge in [0.15, 0.2) is 23.8 Å². The van der Waals surface area contributed by atoms with Crippen molar-refractivity contribution in [1.29, 1.82) is 0 Å². The molecular formula is C40H35Cl2N5O5. The van der Waals surface area contributed by atoms with Crippen molar-refractivity contribution in [1.82, 2.24) is 19.8 Å². The summed E-state index contributed by atoms with van der Waals surface area (Å²) in [6.45, 7) is 4.39. The molecule has 1 saturated carbocycles. The van der Waals surface area contributed by atoms with Gasteiger partial charge < -0.3 is 14.2 Å². The lowest BCUT2D eigenvalue weighted by Crippen LogP contribution is -2.34. The number of hydrogen-bond acceptors (Lipinski definition) is 8. The molecule has 8 rings (SSSR count). The molecule has 2 unspecified atom stereocenters. The minimum atomic E-state index is -0.668. The van der Waals surface area contributed by atoms with Crippen LogP contribution in [0, 0.1) is 5.92 Å². The number of nitrogens with zero attached hydrogens (tertiary/aromatic N) is 5. The minimum absolute atomic E-state index is 0.0211. The number of pyridine rings is 1. The standard InChI is InChI=1S/C40H35Cl2N5O5/c1-23(2)46-39-32(21-43-46)31(20-33(44-39)26-10-15-34-35(19-26)51-17-16-50-34)40(49)52-22-36(48)47-38(25-8-13-29(42)14-9-25)30-5-3-4-27(37(30)45-47)18-24-6-11-28(41)12-7-24/h6-15,18-21,23,30,38H,3-5,16-17,22H2,1-2H3/b27-18-. The first-order valence-electron chi connectivity index (χ1n) is 17.3. The van der Waals surface area contributed by atoms with Gasteiger partial charge in [-0.1, -0.05) is 47.5 Å². The second kappa shape index (κ2) is 14.1. The number of fused-ring (bicyclic) bond motifs is 3. The lowest BCUT2D eigenvalue weighted by molar-refractivity contribution is -0.137. The molecule has 12 heteroatoms. The number of hydrogen-bond donors (Lipinski definition) is 0. The molecule has 3 aromatic carbocycles. The number of esters is 1. The quantitative estimate of drug-likeness (QED) is 0.154. The maximum atomic E-state index is 14.1. The van der Waals surface area contributed by atoms with E-state index in [-0.39, 0.29) is 23.6 Å². The number of hydrazone groups is 1. The van der Waals surface area contributed by atoms with Crippen molar-refractivity contribution in [2.75, 3.05) is 19.8 Å². The summed E-state index contributed by atoms with van der Waals surface area (Å²) in [7, 11) is 0. The molecule has 2 aliphatic heterocycles. The lowest BCUT2D eigenvalue weighted by atomic mass is 9.77. The van der Waals surface area contributed by atoms with Gasteiger partial charge in [-0.15, -0.1) is 0 Å². The Morgan fingerprint density at radius 2 is 1.69 bits per heavy atom. The van der Waals surface area contributed by atoms with Crippen molar-refractivity contribution >= 4 is 57.9 Å². The smallest absolute Gasteiger partial charge is 0.339 e. The number of benzene rings is 3. The predicted molar refractivity (Wildman–Crippen MR) is 200 cm³/mol. The summed E-state index contributed by atoms with van der Waals surface area (Å²) in [4.78, 5) is 32.9. The Morgan fingerprint density at radius 3 is 2.44 bits per heavy atom. The Morgan fingerprint density at radius 1 is 0.962 bits per heavy atom. The van der Waals surface area contributed by atoms with E-state index in [0.717, 1.165) is 47.2 Å². The Labute approximate surface area is 310 Å². The van der Waals surface area contributed by atoms with Crippen LogP contribution in [-0.4, -0.2) is 57.2 Å². The molecule has 1 amide bonds. The van der Waals surface area contributed by atoms with Gasteiger partial charge in [0.2, 0.25) is 0 Å². The molecule has 10 nitrogen and oxygen atoms in total. The molecule has 1 fully saturated rings. The monoisotopic (exact) mass is 735 g/mol. The molecule has 5 aromatic rings. The van der Waals surface area contributed by atoms with Gasteiger partial charge in [-0.05, 0) is 104 Å². The fourth-order valence-corrected chi connectivity index (χ4v) is 7.40. The molecule has 2 aromatic heterocycles. The van der Waals surface area contributed by atoms with E-state index in [0.29, 0.717) is 51.5 Å². The van der Waals surface area contributed by atoms with Crippen LogP contribution < -0.4 is 9.47 Å². The molecule has 52 heavy (non-hydrogen) atoms. The van der Waals surface area contributed by atoms with Crippen LogP contribution in [0.25, 0.3) is 28.4 Å². The van der Waals surface area contributed by atoms with Gasteiger partial charge in [-0.3, -0.25) is 4.79 Å². The second-order valence-electron chi connectivity index (χ2n) is 13.3. The van der Waals surface area contributed by atoms with E-state index < -0.39 is 18.5 Å². The van der Waals surface area contributed by atoms with E-state index in [1.165, 1.54) is 5.01 Å². The fourth-order valence-electron chi connectivity index (χ4n) is 7.15. The van der Waals surface area contributed by atoms with E-state index in [2.05, 4.69) is 11.2 Å². The molecule has 0 N–H and O–H groups in total. The highest BCUT2D eigenvalue weighted by Gasteiger charge is 2.44. The van der Waals surface area contributed by atoms with Gasteiger partial charge in [0.05, 0.1) is 34.6 Å². The summed E-state index contributed by atoms with van der Waals surface area (Å²) in [6, 6.07) is 21.9. The van der Waals surface area contributed by atoms with Crippen LogP contribution in [-0.2, 0) is 9.53 Å². The number of allylic oxidation sites excluding steroid dienone is 1. The largest absolute Gasteiger partial charge is 0.486 e. The van der Waals surface area contributed by atoms with Crippen molar-refractivity contribution in [3.05, 3.63) is 111 Å². The van der Waals surface area contributed by atoms with Crippen molar-refractivity contribution in [2.45, 2.75) is 45.2 Å². The van der Waals surface area contributed by atoms with Crippen LogP contribution in [0.5, 0.6) is 11.5 Å². The zero-order valence-electron chi connectivity index (χ0n) is 28.6. The molecule has 4 heterocycles. The zero-order chi connectivity index (χ0) is 35.9. The fraction of sp³-hybridized carbons (Fsp3) is 0.275. The van der Waals surface area contributed by atoms with Crippen LogP contribution in [0.15, 0.2) is 89.7 Å². The van der Waals surface area contributed by atoms with Crippen LogP contribution >= 0.6 is 23.2 Å². The first kappa shape index (κ1) is 33.9. The van der Waals surface area contributed by atoms with Gasteiger partial charge in [-0.2, -0.15) is 10.2 Å². The first-order valence-corrected chi connectivity index (χ1v) is 18.1. The summed E-state index contributed by atoms with van der Waals surface area (Å²) < 4.78 is 19.1. The summed E-state index contributed by atoms with van der Waals surface area (Å²) in [5, 5.41) is 12.7. The summed E-state index contributed by atoms with van der Waals surface area (Å²) in [5.41, 5.74) is 5.88. The third-order valence-corrected chi connectivity index (χ3v) is 10.1. The Balaban J connectivity index is 1.10. The highest BCUT2D eigenvalue weighted by molar-refractivity contribution is 6.30. The zero-order valence-corrected chi connectivity index (χ0v) is 30.1. The van der Waals surface area contributed by atoms with Crippen LogP contribution in [0.4, 0.5) is 0 Å². The number of aromatic nitrogens is 3. The van der Waals surface area contributed by atoms with Crippen molar-refractivity contribution in [3.63, 3.8) is 0 Å². The van der Waals surface area contributed by atoms with Gasteiger partial charge in [-0.25, -0.2) is 19.5 Å². The topological polar surface area (TPSA) is 108 Å². The van der Waals surface area contributed by atoms with Crippen LogP contribution in [0.1, 0.15) is 66.7 Å². The van der Waals surface area contributed by atoms with Crippen LogP contribution in [0.2, 0.25) is 10.0 Å². The lowest BCUT2D eigenvalue weighted by Gasteiger charge is -2.29. The molecular weight excluding hydrogens is 701 g/mol. The highest BCUT2D eigenvalue weighted by Crippen LogP contribution is 2.45. The molecule has 2 atom stereocenters. The second-order valence-corrected chi connectivity index (χ2v) is 14.2. The number of ether oxygens (including phenoxy) is 3. The summed E-state index contributed by atoms with van der Waals surface area (Å²) in [5.74, 6) is 0.112.